The molecule has 0 saturated carbocycles. The first kappa shape index (κ1) is 31.5. The summed E-state index contributed by atoms with van der Waals surface area (Å²) in [5.74, 6) is -4.45. The Morgan fingerprint density at radius 3 is 2.05 bits per heavy atom. The molecule has 12 nitrogen and oxygen atoms in total. The summed E-state index contributed by atoms with van der Waals surface area (Å²) in [6.45, 7) is 3.89. The Kier molecular flexibility index (Phi) is 12.3. The van der Waals surface area contributed by atoms with Crippen molar-refractivity contribution in [1.29, 1.82) is 0 Å². The molecule has 0 bridgehead atoms. The SMILES string of the molecule is CC(=O)Oc1ccccc1C(=O)NCC(=O)NCC(=O)N[C@@H](Cc1ccccc1)C(=O)N[C@@H](CC(C)C)C(=O)O. The number of nitrogens with one attached hydrogen (secondary N) is 4. The van der Waals surface area contributed by atoms with Crippen LogP contribution in [0.2, 0.25) is 0 Å². The molecular weight excluding hydrogens is 520 g/mol. The van der Waals surface area contributed by atoms with Crippen LogP contribution in [0.25, 0.3) is 0 Å². The monoisotopic (exact) mass is 554 g/mol. The van der Waals surface area contributed by atoms with E-state index in [0.717, 1.165) is 5.56 Å². The lowest BCUT2D eigenvalue weighted by atomic mass is 10.0. The molecule has 0 aliphatic heterocycles. The fourth-order valence-corrected chi connectivity index (χ4v) is 3.66. The number of amides is 4. The smallest absolute Gasteiger partial charge is 0.326 e. The first-order chi connectivity index (χ1) is 19.0. The second-order valence-corrected chi connectivity index (χ2v) is 9.39. The number of hydrogen-bond donors (Lipinski definition) is 5. The van der Waals surface area contributed by atoms with Crippen molar-refractivity contribution < 1.29 is 38.6 Å². The number of aliphatic carboxylic acids is 1. The molecule has 0 heterocycles. The highest BCUT2D eigenvalue weighted by molar-refractivity contribution is 5.99. The van der Waals surface area contributed by atoms with Crippen LogP contribution in [0.5, 0.6) is 5.75 Å². The minimum Gasteiger partial charge on any atom is -0.480 e. The van der Waals surface area contributed by atoms with Gasteiger partial charge in [-0.1, -0.05) is 56.3 Å². The van der Waals surface area contributed by atoms with Crippen LogP contribution in [-0.4, -0.2) is 65.8 Å². The van der Waals surface area contributed by atoms with E-state index in [1.807, 2.05) is 13.8 Å². The van der Waals surface area contributed by atoms with Crippen molar-refractivity contribution in [3.8, 4) is 5.75 Å². The summed E-state index contributed by atoms with van der Waals surface area (Å²) in [4.78, 5) is 73.1. The molecule has 2 aromatic rings. The van der Waals surface area contributed by atoms with Gasteiger partial charge in [0.25, 0.3) is 5.91 Å². The zero-order valence-corrected chi connectivity index (χ0v) is 22.6. The summed E-state index contributed by atoms with van der Waals surface area (Å²) in [6, 6.07) is 12.6. The van der Waals surface area contributed by atoms with Crippen molar-refractivity contribution in [2.75, 3.05) is 13.1 Å². The van der Waals surface area contributed by atoms with E-state index in [0.29, 0.717) is 0 Å². The molecule has 4 amide bonds. The number of ether oxygens (including phenoxy) is 1. The second kappa shape index (κ2) is 15.6. The molecule has 5 N–H and O–H groups in total. The van der Waals surface area contributed by atoms with E-state index in [-0.39, 0.29) is 30.1 Å². The van der Waals surface area contributed by atoms with Gasteiger partial charge in [-0.15, -0.1) is 0 Å². The van der Waals surface area contributed by atoms with Crippen molar-refractivity contribution in [2.24, 2.45) is 5.92 Å². The molecule has 12 heteroatoms. The lowest BCUT2D eigenvalue weighted by Crippen LogP contribution is -2.54. The quantitative estimate of drug-likeness (QED) is 0.168. The van der Waals surface area contributed by atoms with Gasteiger partial charge in [-0.3, -0.25) is 24.0 Å². The van der Waals surface area contributed by atoms with Gasteiger partial charge in [-0.05, 0) is 30.0 Å². The van der Waals surface area contributed by atoms with Crippen LogP contribution in [0.1, 0.15) is 43.1 Å². The van der Waals surface area contributed by atoms with E-state index in [9.17, 15) is 33.9 Å². The van der Waals surface area contributed by atoms with Gasteiger partial charge in [-0.25, -0.2) is 4.79 Å². The standard InChI is InChI=1S/C28H34N4O8/c1-17(2)13-22(28(38)39)32-27(37)21(14-19-9-5-4-6-10-19)31-25(35)16-29-24(34)15-30-26(36)20-11-7-8-12-23(20)40-18(3)33/h4-12,17,21-22H,13-16H2,1-3H3,(H,29,34)(H,30,36)(H,31,35)(H,32,37)(H,38,39)/t21-,22-/m0/s1. The van der Waals surface area contributed by atoms with Gasteiger partial charge in [0.2, 0.25) is 17.7 Å². The Morgan fingerprint density at radius 1 is 0.800 bits per heavy atom. The van der Waals surface area contributed by atoms with Crippen molar-refractivity contribution >= 4 is 35.6 Å². The van der Waals surface area contributed by atoms with Crippen LogP contribution >= 0.6 is 0 Å². The molecule has 0 aromatic heterocycles. The number of para-hydroxylation sites is 1. The Balaban J connectivity index is 1.96. The molecule has 214 valence electrons. The number of esters is 1. The summed E-state index contributed by atoms with van der Waals surface area (Å²) in [5, 5.41) is 19.2. The van der Waals surface area contributed by atoms with Crippen molar-refractivity contribution in [2.45, 2.75) is 45.7 Å². The Labute approximate surface area is 231 Å². The predicted octanol–water partition coefficient (Wildman–Crippen LogP) is 0.801. The summed E-state index contributed by atoms with van der Waals surface area (Å²) in [5.41, 5.74) is 0.787. The molecule has 2 aromatic carbocycles. The molecule has 40 heavy (non-hydrogen) atoms. The maximum absolute atomic E-state index is 13.0. The van der Waals surface area contributed by atoms with E-state index in [1.165, 1.54) is 19.1 Å². The fourth-order valence-electron chi connectivity index (χ4n) is 3.66. The van der Waals surface area contributed by atoms with Gasteiger partial charge >= 0.3 is 11.9 Å². The highest BCUT2D eigenvalue weighted by atomic mass is 16.5. The fraction of sp³-hybridized carbons (Fsp3) is 0.357. The third-order valence-electron chi connectivity index (χ3n) is 5.50. The van der Waals surface area contributed by atoms with E-state index >= 15 is 0 Å². The lowest BCUT2D eigenvalue weighted by Gasteiger charge is -2.22. The van der Waals surface area contributed by atoms with E-state index in [2.05, 4.69) is 21.3 Å². The molecule has 0 saturated heterocycles. The van der Waals surface area contributed by atoms with Crippen molar-refractivity contribution in [1.82, 2.24) is 21.3 Å². The zero-order valence-electron chi connectivity index (χ0n) is 22.6. The molecular formula is C28H34N4O8. The van der Waals surface area contributed by atoms with Crippen molar-refractivity contribution in [3.63, 3.8) is 0 Å². The van der Waals surface area contributed by atoms with Gasteiger partial charge < -0.3 is 31.1 Å². The second-order valence-electron chi connectivity index (χ2n) is 9.39. The molecule has 0 spiro atoms. The summed E-state index contributed by atoms with van der Waals surface area (Å²) in [7, 11) is 0. The maximum atomic E-state index is 13.0. The van der Waals surface area contributed by atoms with Gasteiger partial charge in [0, 0.05) is 13.3 Å². The highest BCUT2D eigenvalue weighted by Gasteiger charge is 2.27. The first-order valence-corrected chi connectivity index (χ1v) is 12.6. The number of carbonyl (C=O) groups excluding carboxylic acids is 5. The van der Waals surface area contributed by atoms with Crippen LogP contribution < -0.4 is 26.0 Å². The number of carboxylic acids is 1. The normalized spacial score (nSPS) is 12.0. The van der Waals surface area contributed by atoms with Crippen LogP contribution in [0, 0.1) is 5.92 Å². The molecule has 0 aliphatic carbocycles. The third-order valence-corrected chi connectivity index (χ3v) is 5.50. The number of rotatable bonds is 14. The van der Waals surface area contributed by atoms with Crippen LogP contribution in [0.3, 0.4) is 0 Å². The zero-order chi connectivity index (χ0) is 29.7. The lowest BCUT2D eigenvalue weighted by molar-refractivity contribution is -0.142. The van der Waals surface area contributed by atoms with Gasteiger partial charge in [0.15, 0.2) is 0 Å². The topological polar surface area (TPSA) is 180 Å². The van der Waals surface area contributed by atoms with Gasteiger partial charge in [0.1, 0.15) is 17.8 Å². The number of carboxylic acid groups (broad SMARTS) is 1. The maximum Gasteiger partial charge on any atom is 0.326 e. The van der Waals surface area contributed by atoms with E-state index in [4.69, 9.17) is 4.74 Å². The first-order valence-electron chi connectivity index (χ1n) is 12.6. The number of hydrogen-bond acceptors (Lipinski definition) is 7. The third kappa shape index (κ3) is 10.9. The highest BCUT2D eigenvalue weighted by Crippen LogP contribution is 2.17. The summed E-state index contributed by atoms with van der Waals surface area (Å²) >= 11 is 0. The number of benzene rings is 2. The molecule has 2 rings (SSSR count). The molecule has 0 unspecified atom stereocenters. The Morgan fingerprint density at radius 2 is 1.43 bits per heavy atom. The van der Waals surface area contributed by atoms with Crippen LogP contribution in [0.4, 0.5) is 0 Å². The van der Waals surface area contributed by atoms with Crippen LogP contribution in [-0.2, 0) is 30.4 Å². The number of carbonyl (C=O) groups is 6. The van der Waals surface area contributed by atoms with Gasteiger partial charge in [0.05, 0.1) is 18.7 Å². The Bertz CT molecular complexity index is 1220. The summed E-state index contributed by atoms with van der Waals surface area (Å²) in [6.07, 6.45) is 0.304. The van der Waals surface area contributed by atoms with E-state index in [1.54, 1.807) is 42.5 Å². The minimum absolute atomic E-state index is 0.00871. The predicted molar refractivity (Wildman–Crippen MR) is 144 cm³/mol. The Hall–Kier alpha value is -4.74. The largest absolute Gasteiger partial charge is 0.480 e. The molecule has 0 aliphatic rings. The molecule has 0 radical (unpaired) electrons. The van der Waals surface area contributed by atoms with Crippen molar-refractivity contribution in [3.05, 3.63) is 65.7 Å². The minimum atomic E-state index is -1.18. The average molecular weight is 555 g/mol. The average Bonchev–Trinajstić information content (AvgIpc) is 2.90. The summed E-state index contributed by atoms with van der Waals surface area (Å²) < 4.78 is 4.99. The molecule has 0 fully saturated rings. The van der Waals surface area contributed by atoms with E-state index < -0.39 is 60.7 Å². The van der Waals surface area contributed by atoms with Gasteiger partial charge in [-0.2, -0.15) is 0 Å². The molecule has 2 atom stereocenters. The van der Waals surface area contributed by atoms with Crippen LogP contribution in [0.15, 0.2) is 54.6 Å².